The van der Waals surface area contributed by atoms with E-state index in [1.807, 2.05) is 0 Å². The van der Waals surface area contributed by atoms with Gasteiger partial charge >= 0.3 is 0 Å². The Hall–Kier alpha value is -1.78. The van der Waals surface area contributed by atoms with Crippen LogP contribution in [0.15, 0.2) is 24.3 Å². The Labute approximate surface area is 118 Å². The van der Waals surface area contributed by atoms with Crippen molar-refractivity contribution in [3.05, 3.63) is 34.4 Å². The van der Waals surface area contributed by atoms with Crippen LogP contribution in [0.25, 0.3) is 0 Å². The monoisotopic (exact) mass is 301 g/mol. The van der Waals surface area contributed by atoms with Gasteiger partial charge in [-0.2, -0.15) is 0 Å². The lowest BCUT2D eigenvalue weighted by atomic mass is 9.64. The van der Waals surface area contributed by atoms with E-state index in [-0.39, 0.29) is 11.4 Å². The highest BCUT2D eigenvalue weighted by Crippen LogP contribution is 2.42. The highest BCUT2D eigenvalue weighted by Gasteiger charge is 2.65. The van der Waals surface area contributed by atoms with E-state index in [1.165, 1.54) is 12.1 Å². The molecule has 1 saturated carbocycles. The first kappa shape index (κ1) is 15.6. The van der Waals surface area contributed by atoms with Crippen molar-refractivity contribution in [3.8, 4) is 5.75 Å². The number of hydrogen-bond donors (Lipinski definition) is 5. The molecule has 1 aliphatic rings. The van der Waals surface area contributed by atoms with Crippen LogP contribution in [0.5, 0.6) is 5.75 Å². The smallest absolute Gasteiger partial charge is 0.269 e. The van der Waals surface area contributed by atoms with E-state index in [0.29, 0.717) is 0 Å². The van der Waals surface area contributed by atoms with Crippen LogP contribution in [-0.4, -0.2) is 61.2 Å². The van der Waals surface area contributed by atoms with Gasteiger partial charge in [-0.1, -0.05) is 0 Å². The predicted octanol–water partition coefficient (Wildman–Crippen LogP) is -1.63. The number of aliphatic hydroxyl groups is 5. The summed E-state index contributed by atoms with van der Waals surface area (Å²) in [7, 11) is 0. The molecule has 1 aliphatic carbocycles. The van der Waals surface area contributed by atoms with Gasteiger partial charge in [-0.05, 0) is 12.1 Å². The number of nitrogens with zero attached hydrogens (tertiary/aromatic N) is 1. The molecule has 0 radical (unpaired) electrons. The van der Waals surface area contributed by atoms with Crippen molar-refractivity contribution in [2.24, 2.45) is 5.92 Å². The molecule has 5 atom stereocenters. The molecular weight excluding hydrogens is 286 g/mol. The molecule has 0 saturated heterocycles. The highest BCUT2D eigenvalue weighted by molar-refractivity contribution is 5.36. The molecule has 5 N–H and O–H groups in total. The molecule has 2 rings (SSSR count). The molecule has 3 unspecified atom stereocenters. The zero-order valence-electron chi connectivity index (χ0n) is 10.7. The van der Waals surface area contributed by atoms with Crippen LogP contribution in [0.2, 0.25) is 0 Å². The molecule has 116 valence electrons. The fraction of sp³-hybridized carbons (Fsp3) is 0.500. The minimum absolute atomic E-state index is 0.0202. The van der Waals surface area contributed by atoms with E-state index < -0.39 is 41.5 Å². The van der Waals surface area contributed by atoms with E-state index in [2.05, 4.69) is 0 Å². The van der Waals surface area contributed by atoms with Crippen molar-refractivity contribution in [3.63, 3.8) is 0 Å². The number of hydrogen-bond acceptors (Lipinski definition) is 8. The lowest BCUT2D eigenvalue weighted by Gasteiger charge is -2.53. The number of benzene rings is 1. The Morgan fingerprint density at radius 3 is 2.38 bits per heavy atom. The van der Waals surface area contributed by atoms with Crippen molar-refractivity contribution >= 4 is 5.69 Å². The summed E-state index contributed by atoms with van der Waals surface area (Å²) in [6.45, 7) is -0.657. The van der Waals surface area contributed by atoms with E-state index in [1.54, 1.807) is 0 Å². The number of ether oxygens (including phenoxy) is 1. The second-order valence-corrected chi connectivity index (χ2v) is 4.83. The molecule has 1 aromatic carbocycles. The Bertz CT molecular complexity index is 520. The average Bonchev–Trinajstić information content (AvgIpc) is 2.47. The zero-order chi connectivity index (χ0) is 15.8. The normalized spacial score (nSPS) is 33.1. The summed E-state index contributed by atoms with van der Waals surface area (Å²) in [5, 5.41) is 58.5. The van der Waals surface area contributed by atoms with E-state index in [9.17, 15) is 30.5 Å². The van der Waals surface area contributed by atoms with Gasteiger partial charge in [0.25, 0.3) is 5.69 Å². The van der Waals surface area contributed by atoms with E-state index >= 15 is 0 Å². The largest absolute Gasteiger partial charge is 0.462 e. The lowest BCUT2D eigenvalue weighted by molar-refractivity contribution is -0.384. The molecule has 21 heavy (non-hydrogen) atoms. The minimum atomic E-state index is -2.23. The van der Waals surface area contributed by atoms with Crippen LogP contribution < -0.4 is 4.74 Å². The first-order valence-corrected chi connectivity index (χ1v) is 6.11. The molecular formula is C12H15NO8. The standard InChI is InChI=1S/C12H15NO8/c14-5-8-9(15)10(16)12(8,18)11(17)21-7-3-1-6(2-4-7)13(19)20/h1-4,8-11,14-18H,5H2/t8?,9-,10?,11-,12?/m1/s1. The molecule has 0 aliphatic heterocycles. The molecule has 1 fully saturated rings. The maximum Gasteiger partial charge on any atom is 0.269 e. The number of rotatable bonds is 5. The summed E-state index contributed by atoms with van der Waals surface area (Å²) in [6.07, 6.45) is -4.98. The first-order chi connectivity index (χ1) is 9.82. The Morgan fingerprint density at radius 1 is 1.33 bits per heavy atom. The zero-order valence-corrected chi connectivity index (χ0v) is 10.7. The van der Waals surface area contributed by atoms with Gasteiger partial charge in [0.05, 0.1) is 17.6 Å². The van der Waals surface area contributed by atoms with Crippen LogP contribution in [0, 0.1) is 16.0 Å². The number of non-ortho nitro benzene ring substituents is 1. The maximum absolute atomic E-state index is 10.5. The fourth-order valence-corrected chi connectivity index (χ4v) is 2.32. The van der Waals surface area contributed by atoms with E-state index in [0.717, 1.165) is 12.1 Å². The summed E-state index contributed by atoms with van der Waals surface area (Å²) in [5.74, 6) is -1.15. The molecule has 1 aromatic rings. The van der Waals surface area contributed by atoms with Crippen molar-refractivity contribution < 1.29 is 35.2 Å². The lowest BCUT2D eigenvalue weighted by Crippen LogP contribution is -2.76. The number of nitro groups is 1. The SMILES string of the molecule is O=[N+]([O-])c1ccc(O[C@@H](O)C2(O)C(O)[C@H](O)C2CO)cc1. The third-order valence-electron chi connectivity index (χ3n) is 3.69. The second-order valence-electron chi connectivity index (χ2n) is 4.83. The Kier molecular flexibility index (Phi) is 4.12. The molecule has 0 amide bonds. The summed E-state index contributed by atoms with van der Waals surface area (Å²) in [6, 6.07) is 4.70. The van der Waals surface area contributed by atoms with Crippen molar-refractivity contribution in [2.45, 2.75) is 24.1 Å². The summed E-state index contributed by atoms with van der Waals surface area (Å²) >= 11 is 0. The van der Waals surface area contributed by atoms with Gasteiger partial charge < -0.3 is 30.3 Å². The maximum atomic E-state index is 10.5. The third-order valence-corrected chi connectivity index (χ3v) is 3.69. The van der Waals surface area contributed by atoms with Gasteiger partial charge in [0.15, 0.2) is 5.60 Å². The quantitative estimate of drug-likeness (QED) is 0.247. The van der Waals surface area contributed by atoms with Crippen LogP contribution in [0.1, 0.15) is 0 Å². The second kappa shape index (κ2) is 5.54. The Morgan fingerprint density at radius 2 is 1.90 bits per heavy atom. The Balaban J connectivity index is 2.10. The van der Waals surface area contributed by atoms with Crippen LogP contribution in [-0.2, 0) is 0 Å². The molecule has 0 aromatic heterocycles. The molecule has 0 bridgehead atoms. The van der Waals surface area contributed by atoms with Crippen LogP contribution in [0.3, 0.4) is 0 Å². The van der Waals surface area contributed by atoms with Crippen molar-refractivity contribution in [1.82, 2.24) is 0 Å². The summed E-state index contributed by atoms with van der Waals surface area (Å²) in [4.78, 5) is 9.89. The summed E-state index contributed by atoms with van der Waals surface area (Å²) < 4.78 is 5.01. The van der Waals surface area contributed by atoms with Crippen molar-refractivity contribution in [2.75, 3.05) is 6.61 Å². The van der Waals surface area contributed by atoms with Gasteiger partial charge in [-0.15, -0.1) is 0 Å². The first-order valence-electron chi connectivity index (χ1n) is 6.11. The van der Waals surface area contributed by atoms with Crippen LogP contribution in [0.4, 0.5) is 5.69 Å². The van der Waals surface area contributed by atoms with Gasteiger partial charge in [0.1, 0.15) is 11.9 Å². The predicted molar refractivity (Wildman–Crippen MR) is 67.3 cm³/mol. The molecule has 9 nitrogen and oxygen atoms in total. The number of aliphatic hydroxyl groups excluding tert-OH is 4. The van der Waals surface area contributed by atoms with E-state index in [4.69, 9.17) is 9.84 Å². The molecule has 9 heteroatoms. The summed E-state index contributed by atoms with van der Waals surface area (Å²) in [5.41, 5.74) is -2.40. The fourth-order valence-electron chi connectivity index (χ4n) is 2.32. The van der Waals surface area contributed by atoms with Gasteiger partial charge in [0.2, 0.25) is 6.29 Å². The minimum Gasteiger partial charge on any atom is -0.462 e. The van der Waals surface area contributed by atoms with Crippen LogP contribution >= 0.6 is 0 Å². The third kappa shape index (κ3) is 2.45. The average molecular weight is 301 g/mol. The molecule has 0 heterocycles. The molecule has 0 spiro atoms. The van der Waals surface area contributed by atoms with Gasteiger partial charge in [-0.25, -0.2) is 0 Å². The van der Waals surface area contributed by atoms with Gasteiger partial charge in [-0.3, -0.25) is 10.1 Å². The van der Waals surface area contributed by atoms with Gasteiger partial charge in [0, 0.05) is 18.1 Å². The highest BCUT2D eigenvalue weighted by atomic mass is 16.6. The van der Waals surface area contributed by atoms with Crippen molar-refractivity contribution in [1.29, 1.82) is 0 Å². The topological polar surface area (TPSA) is 154 Å². The number of nitro benzene ring substituents is 1.